The highest BCUT2D eigenvalue weighted by Gasteiger charge is 2.14. The van der Waals surface area contributed by atoms with Crippen molar-refractivity contribution in [1.29, 1.82) is 0 Å². The molecule has 1 N–H and O–H groups in total. The summed E-state index contributed by atoms with van der Waals surface area (Å²) in [5.74, 6) is 0. The van der Waals surface area contributed by atoms with E-state index in [1.807, 2.05) is 0 Å². The summed E-state index contributed by atoms with van der Waals surface area (Å²) in [6.45, 7) is 12.7. The molecule has 1 fully saturated rings. The van der Waals surface area contributed by atoms with Crippen LogP contribution in [0.1, 0.15) is 13.8 Å². The summed E-state index contributed by atoms with van der Waals surface area (Å²) in [6.07, 6.45) is 0. The third kappa shape index (κ3) is 3.04. The Kier molecular flexibility index (Phi) is 3.09. The molecule has 1 aliphatic heterocycles. The average Bonchev–Trinajstić information content (AvgIpc) is 1.85. The molecule has 0 aromatic heterocycles. The van der Waals surface area contributed by atoms with Crippen molar-refractivity contribution in [2.45, 2.75) is 19.9 Å². The van der Waals surface area contributed by atoms with E-state index in [1.165, 1.54) is 5.57 Å². The first-order chi connectivity index (χ1) is 5.18. The highest BCUT2D eigenvalue weighted by atomic mass is 15.2. The lowest BCUT2D eigenvalue weighted by molar-refractivity contribution is 0.222. The van der Waals surface area contributed by atoms with E-state index in [-0.39, 0.29) is 0 Å². The standard InChI is InChI=1S/C9H18N2/c1-8(2)6-11-5-4-10-9(3)7-11/h9-10H,1,4-7H2,2-3H3/t9-/m1/s1. The second-order valence-corrected chi connectivity index (χ2v) is 3.55. The molecule has 0 aliphatic carbocycles. The van der Waals surface area contributed by atoms with Crippen LogP contribution >= 0.6 is 0 Å². The van der Waals surface area contributed by atoms with Crippen molar-refractivity contribution in [3.8, 4) is 0 Å². The summed E-state index contributed by atoms with van der Waals surface area (Å²) in [5.41, 5.74) is 1.26. The van der Waals surface area contributed by atoms with Crippen molar-refractivity contribution >= 4 is 0 Å². The van der Waals surface area contributed by atoms with Crippen molar-refractivity contribution in [2.24, 2.45) is 0 Å². The monoisotopic (exact) mass is 154 g/mol. The molecular weight excluding hydrogens is 136 g/mol. The zero-order valence-corrected chi connectivity index (χ0v) is 7.56. The molecule has 1 heterocycles. The maximum atomic E-state index is 3.91. The van der Waals surface area contributed by atoms with Crippen LogP contribution in [0.25, 0.3) is 0 Å². The minimum Gasteiger partial charge on any atom is -0.312 e. The van der Waals surface area contributed by atoms with E-state index in [4.69, 9.17) is 0 Å². The molecule has 0 bridgehead atoms. The maximum absolute atomic E-state index is 3.91. The normalized spacial score (nSPS) is 26.9. The third-order valence-corrected chi connectivity index (χ3v) is 1.95. The lowest BCUT2D eigenvalue weighted by Crippen LogP contribution is -2.49. The quantitative estimate of drug-likeness (QED) is 0.593. The smallest absolute Gasteiger partial charge is 0.0188 e. The van der Waals surface area contributed by atoms with Gasteiger partial charge in [-0.15, -0.1) is 0 Å². The van der Waals surface area contributed by atoms with Gasteiger partial charge in [-0.05, 0) is 13.8 Å². The largest absolute Gasteiger partial charge is 0.312 e. The Morgan fingerprint density at radius 3 is 3.00 bits per heavy atom. The molecule has 1 rings (SSSR count). The summed E-state index contributed by atoms with van der Waals surface area (Å²) in [4.78, 5) is 2.45. The van der Waals surface area contributed by atoms with Gasteiger partial charge in [0.2, 0.25) is 0 Å². The number of rotatable bonds is 2. The Morgan fingerprint density at radius 1 is 1.73 bits per heavy atom. The van der Waals surface area contributed by atoms with Crippen LogP contribution in [0.2, 0.25) is 0 Å². The van der Waals surface area contributed by atoms with Gasteiger partial charge >= 0.3 is 0 Å². The van der Waals surface area contributed by atoms with Crippen LogP contribution in [-0.2, 0) is 0 Å². The van der Waals surface area contributed by atoms with E-state index in [2.05, 4.69) is 30.6 Å². The average molecular weight is 154 g/mol. The van der Waals surface area contributed by atoms with Crippen LogP contribution in [0.4, 0.5) is 0 Å². The molecular formula is C9H18N2. The van der Waals surface area contributed by atoms with E-state index in [1.54, 1.807) is 0 Å². The van der Waals surface area contributed by atoms with Crippen molar-refractivity contribution in [3.63, 3.8) is 0 Å². The molecule has 0 saturated carbocycles. The molecule has 0 unspecified atom stereocenters. The van der Waals surface area contributed by atoms with Gasteiger partial charge in [0.1, 0.15) is 0 Å². The second-order valence-electron chi connectivity index (χ2n) is 3.55. The van der Waals surface area contributed by atoms with Crippen LogP contribution in [0, 0.1) is 0 Å². The van der Waals surface area contributed by atoms with Crippen LogP contribution in [0.5, 0.6) is 0 Å². The van der Waals surface area contributed by atoms with Crippen LogP contribution in [0.15, 0.2) is 12.2 Å². The highest BCUT2D eigenvalue weighted by molar-refractivity contribution is 4.93. The van der Waals surface area contributed by atoms with Crippen molar-refractivity contribution in [3.05, 3.63) is 12.2 Å². The molecule has 0 amide bonds. The molecule has 0 aromatic rings. The van der Waals surface area contributed by atoms with Gasteiger partial charge in [-0.2, -0.15) is 0 Å². The second kappa shape index (κ2) is 3.88. The van der Waals surface area contributed by atoms with Gasteiger partial charge < -0.3 is 5.32 Å². The Balaban J connectivity index is 2.28. The Labute approximate surface area is 69.3 Å². The first-order valence-electron chi connectivity index (χ1n) is 4.28. The Bertz CT molecular complexity index is 142. The predicted octanol–water partition coefficient (Wildman–Crippen LogP) is 0.856. The van der Waals surface area contributed by atoms with Gasteiger partial charge in [0.05, 0.1) is 0 Å². The first kappa shape index (κ1) is 8.75. The molecule has 2 nitrogen and oxygen atoms in total. The van der Waals surface area contributed by atoms with Gasteiger partial charge in [-0.1, -0.05) is 12.2 Å². The molecule has 1 saturated heterocycles. The Morgan fingerprint density at radius 2 is 2.45 bits per heavy atom. The van der Waals surface area contributed by atoms with Gasteiger partial charge in [0.25, 0.3) is 0 Å². The number of piperazine rings is 1. The fourth-order valence-corrected chi connectivity index (χ4v) is 1.54. The predicted molar refractivity (Wildman–Crippen MR) is 48.7 cm³/mol. The van der Waals surface area contributed by atoms with E-state index in [0.717, 1.165) is 26.2 Å². The van der Waals surface area contributed by atoms with Crippen molar-refractivity contribution in [2.75, 3.05) is 26.2 Å². The number of nitrogens with zero attached hydrogens (tertiary/aromatic N) is 1. The summed E-state index contributed by atoms with van der Waals surface area (Å²) >= 11 is 0. The van der Waals surface area contributed by atoms with E-state index < -0.39 is 0 Å². The van der Waals surface area contributed by atoms with Crippen LogP contribution < -0.4 is 5.32 Å². The van der Waals surface area contributed by atoms with Crippen LogP contribution in [-0.4, -0.2) is 37.1 Å². The maximum Gasteiger partial charge on any atom is 0.0188 e. The fraction of sp³-hybridized carbons (Fsp3) is 0.778. The van der Waals surface area contributed by atoms with Gasteiger partial charge in [-0.25, -0.2) is 0 Å². The first-order valence-corrected chi connectivity index (χ1v) is 4.28. The number of hydrogen-bond donors (Lipinski definition) is 1. The lowest BCUT2D eigenvalue weighted by atomic mass is 10.2. The minimum atomic E-state index is 0.642. The molecule has 64 valence electrons. The molecule has 1 aliphatic rings. The zero-order valence-electron chi connectivity index (χ0n) is 7.56. The SMILES string of the molecule is C=C(C)CN1CCN[C@H](C)C1. The van der Waals surface area contributed by atoms with Gasteiger partial charge in [0, 0.05) is 32.2 Å². The van der Waals surface area contributed by atoms with Crippen molar-refractivity contribution in [1.82, 2.24) is 10.2 Å². The molecule has 11 heavy (non-hydrogen) atoms. The zero-order chi connectivity index (χ0) is 8.27. The van der Waals surface area contributed by atoms with Crippen LogP contribution in [0.3, 0.4) is 0 Å². The molecule has 2 heteroatoms. The summed E-state index contributed by atoms with van der Waals surface area (Å²) in [7, 11) is 0. The fourth-order valence-electron chi connectivity index (χ4n) is 1.54. The molecule has 0 spiro atoms. The number of nitrogens with one attached hydrogen (secondary N) is 1. The van der Waals surface area contributed by atoms with Crippen molar-refractivity contribution < 1.29 is 0 Å². The van der Waals surface area contributed by atoms with Gasteiger partial charge in [-0.3, -0.25) is 4.90 Å². The molecule has 0 radical (unpaired) electrons. The molecule has 1 atom stereocenters. The minimum absolute atomic E-state index is 0.642. The highest BCUT2D eigenvalue weighted by Crippen LogP contribution is 2.00. The summed E-state index contributed by atoms with van der Waals surface area (Å²) in [5, 5.41) is 3.41. The van der Waals surface area contributed by atoms with E-state index in [9.17, 15) is 0 Å². The summed E-state index contributed by atoms with van der Waals surface area (Å²) < 4.78 is 0. The number of hydrogen-bond acceptors (Lipinski definition) is 2. The van der Waals surface area contributed by atoms with E-state index in [0.29, 0.717) is 6.04 Å². The lowest BCUT2D eigenvalue weighted by Gasteiger charge is -2.31. The third-order valence-electron chi connectivity index (χ3n) is 1.95. The molecule has 0 aromatic carbocycles. The van der Waals surface area contributed by atoms with Gasteiger partial charge in [0.15, 0.2) is 0 Å². The Hall–Kier alpha value is -0.340. The topological polar surface area (TPSA) is 15.3 Å². The summed E-state index contributed by atoms with van der Waals surface area (Å²) in [6, 6.07) is 0.642. The van der Waals surface area contributed by atoms with E-state index >= 15 is 0 Å².